The van der Waals surface area contributed by atoms with E-state index in [1.807, 2.05) is 29.5 Å². The van der Waals surface area contributed by atoms with Crippen molar-refractivity contribution in [1.82, 2.24) is 0 Å². The summed E-state index contributed by atoms with van der Waals surface area (Å²) in [7, 11) is 0. The van der Waals surface area contributed by atoms with E-state index in [0.29, 0.717) is 0 Å². The van der Waals surface area contributed by atoms with E-state index < -0.39 is 0 Å². The molecule has 0 atom stereocenters. The summed E-state index contributed by atoms with van der Waals surface area (Å²) >= 11 is 1.89. The van der Waals surface area contributed by atoms with Gasteiger partial charge >= 0.3 is 0 Å². The van der Waals surface area contributed by atoms with Gasteiger partial charge in [-0.2, -0.15) is 0 Å². The third kappa shape index (κ3) is 3.55. The predicted molar refractivity (Wildman–Crippen MR) is 157 cm³/mol. The molecule has 6 aromatic carbocycles. The normalized spacial score (nSPS) is 11.3. The van der Waals surface area contributed by atoms with Crippen molar-refractivity contribution >= 4 is 53.7 Å². The Labute approximate surface area is 214 Å². The maximum Gasteiger partial charge on any atom is 0.0434 e. The molecule has 0 bridgehead atoms. The van der Waals surface area contributed by atoms with E-state index in [9.17, 15) is 0 Å². The number of hydrogen-bond donors (Lipinski definition) is 1. The number of benzene rings is 6. The number of hydrogen-bond acceptors (Lipinski definition) is 2. The molecule has 0 spiro atoms. The van der Waals surface area contributed by atoms with Gasteiger partial charge in [-0.1, -0.05) is 103 Å². The van der Waals surface area contributed by atoms with E-state index >= 15 is 0 Å². The lowest BCUT2D eigenvalue weighted by molar-refractivity contribution is 1.55. The van der Waals surface area contributed by atoms with Crippen LogP contribution in [0.15, 0.2) is 133 Å². The van der Waals surface area contributed by atoms with Crippen LogP contribution in [0, 0.1) is 0 Å². The van der Waals surface area contributed by atoms with Gasteiger partial charge in [-0.25, -0.2) is 0 Å². The third-order valence-corrected chi connectivity index (χ3v) is 8.08. The zero-order chi connectivity index (χ0) is 23.9. The molecule has 0 aliphatic rings. The Morgan fingerprint density at radius 2 is 1.08 bits per heavy atom. The molecular formula is C34H23NS. The molecule has 7 rings (SSSR count). The van der Waals surface area contributed by atoms with Crippen LogP contribution in [-0.4, -0.2) is 0 Å². The van der Waals surface area contributed by atoms with Crippen LogP contribution in [0.25, 0.3) is 53.2 Å². The van der Waals surface area contributed by atoms with Gasteiger partial charge in [-0.15, -0.1) is 11.3 Å². The molecule has 0 amide bonds. The highest BCUT2D eigenvalue weighted by Gasteiger charge is 2.14. The van der Waals surface area contributed by atoms with Crippen molar-refractivity contribution in [3.63, 3.8) is 0 Å². The van der Waals surface area contributed by atoms with Crippen molar-refractivity contribution in [2.75, 3.05) is 5.32 Å². The van der Waals surface area contributed by atoms with Crippen molar-refractivity contribution in [2.24, 2.45) is 0 Å². The summed E-state index contributed by atoms with van der Waals surface area (Å²) in [5, 5.41) is 8.72. The fourth-order valence-corrected chi connectivity index (χ4v) is 6.42. The Hall–Kier alpha value is -4.40. The summed E-state index contributed by atoms with van der Waals surface area (Å²) < 4.78 is 2.69. The second-order valence-electron chi connectivity index (χ2n) is 9.06. The predicted octanol–water partition coefficient (Wildman–Crippen LogP) is 10.3. The van der Waals surface area contributed by atoms with Crippen molar-refractivity contribution < 1.29 is 0 Å². The van der Waals surface area contributed by atoms with E-state index in [-0.39, 0.29) is 0 Å². The van der Waals surface area contributed by atoms with Crippen LogP contribution in [0.5, 0.6) is 0 Å². The van der Waals surface area contributed by atoms with Gasteiger partial charge in [-0.05, 0) is 57.8 Å². The summed E-state index contributed by atoms with van der Waals surface area (Å²) in [6.07, 6.45) is 0. The van der Waals surface area contributed by atoms with Gasteiger partial charge in [0.25, 0.3) is 0 Å². The molecule has 0 fully saturated rings. The molecule has 0 saturated carbocycles. The lowest BCUT2D eigenvalue weighted by Gasteiger charge is -2.14. The zero-order valence-electron chi connectivity index (χ0n) is 19.6. The molecule has 1 nitrogen and oxygen atoms in total. The first kappa shape index (κ1) is 20.9. The minimum Gasteiger partial charge on any atom is -0.356 e. The van der Waals surface area contributed by atoms with Crippen LogP contribution >= 0.6 is 11.3 Å². The molecule has 2 heteroatoms. The number of rotatable bonds is 4. The number of thiophene rings is 1. The highest BCUT2D eigenvalue weighted by Crippen LogP contribution is 2.43. The Morgan fingerprint density at radius 3 is 1.92 bits per heavy atom. The highest BCUT2D eigenvalue weighted by molar-refractivity contribution is 7.26. The minimum absolute atomic E-state index is 1.08. The molecular weight excluding hydrogens is 454 g/mol. The fraction of sp³-hybridized carbons (Fsp3) is 0. The van der Waals surface area contributed by atoms with E-state index in [0.717, 1.165) is 11.4 Å². The second-order valence-corrected chi connectivity index (χ2v) is 10.1. The number of fused-ring (bicyclic) bond motifs is 4. The quantitative estimate of drug-likeness (QED) is 0.266. The molecule has 1 heterocycles. The molecule has 0 unspecified atom stereocenters. The van der Waals surface area contributed by atoms with E-state index in [1.165, 1.54) is 53.2 Å². The highest BCUT2D eigenvalue weighted by atomic mass is 32.1. The lowest BCUT2D eigenvalue weighted by atomic mass is 9.91. The molecule has 0 radical (unpaired) electrons. The monoisotopic (exact) mass is 477 g/mol. The molecule has 7 aromatic rings. The number of anilines is 2. The van der Waals surface area contributed by atoms with Crippen LogP contribution in [0.1, 0.15) is 0 Å². The number of para-hydroxylation sites is 1. The maximum absolute atomic E-state index is 3.49. The molecule has 1 aromatic heterocycles. The van der Waals surface area contributed by atoms with Crippen LogP contribution < -0.4 is 5.32 Å². The minimum atomic E-state index is 1.08. The van der Waals surface area contributed by atoms with Crippen molar-refractivity contribution in [1.29, 1.82) is 0 Å². The first-order valence-electron chi connectivity index (χ1n) is 12.2. The van der Waals surface area contributed by atoms with Gasteiger partial charge in [0.2, 0.25) is 0 Å². The molecule has 0 aliphatic carbocycles. The summed E-state index contributed by atoms with van der Waals surface area (Å²) in [5.74, 6) is 0. The molecule has 0 saturated heterocycles. The summed E-state index contributed by atoms with van der Waals surface area (Å²) in [6, 6.07) is 47.8. The first-order chi connectivity index (χ1) is 17.8. The number of nitrogens with one attached hydrogen (secondary N) is 1. The maximum atomic E-state index is 3.49. The Kier molecular flexibility index (Phi) is 5.04. The molecule has 1 N–H and O–H groups in total. The average molecular weight is 478 g/mol. The van der Waals surface area contributed by atoms with Gasteiger partial charge in [0, 0.05) is 37.1 Å². The van der Waals surface area contributed by atoms with Gasteiger partial charge in [0.05, 0.1) is 0 Å². The smallest absolute Gasteiger partial charge is 0.0434 e. The standard InChI is InChI=1S/C34H23NS/c1-2-11-25(12-3-1)35-26-21-19-23(20-22-26)27-14-6-9-24-10-7-15-29(33(24)27)31-17-8-16-30-28-13-4-5-18-32(28)36-34(30)31/h1-22,35H. The van der Waals surface area contributed by atoms with Gasteiger partial charge in [0.15, 0.2) is 0 Å². The summed E-state index contributed by atoms with van der Waals surface area (Å²) in [6.45, 7) is 0. The van der Waals surface area contributed by atoms with E-state index in [4.69, 9.17) is 0 Å². The Balaban J connectivity index is 1.39. The SMILES string of the molecule is c1ccc(Nc2ccc(-c3cccc4cccc(-c5cccc6c5sc5ccccc56)c34)cc2)cc1. The van der Waals surface area contributed by atoms with Crippen LogP contribution in [0.4, 0.5) is 11.4 Å². The molecule has 36 heavy (non-hydrogen) atoms. The van der Waals surface area contributed by atoms with E-state index in [2.05, 4.69) is 121 Å². The summed E-state index contributed by atoms with van der Waals surface area (Å²) in [4.78, 5) is 0. The van der Waals surface area contributed by atoms with Crippen molar-refractivity contribution in [3.8, 4) is 22.3 Å². The largest absolute Gasteiger partial charge is 0.356 e. The fourth-order valence-electron chi connectivity index (χ4n) is 5.19. The first-order valence-corrected chi connectivity index (χ1v) is 13.0. The third-order valence-electron chi connectivity index (χ3n) is 6.86. The van der Waals surface area contributed by atoms with Gasteiger partial charge in [-0.3, -0.25) is 0 Å². The van der Waals surface area contributed by atoms with Crippen LogP contribution in [-0.2, 0) is 0 Å². The van der Waals surface area contributed by atoms with Crippen LogP contribution in [0.3, 0.4) is 0 Å². The summed E-state index contributed by atoms with van der Waals surface area (Å²) in [5.41, 5.74) is 7.23. The van der Waals surface area contributed by atoms with Gasteiger partial charge in [0.1, 0.15) is 0 Å². The second kappa shape index (κ2) is 8.67. The zero-order valence-corrected chi connectivity index (χ0v) is 20.4. The van der Waals surface area contributed by atoms with Crippen molar-refractivity contribution in [3.05, 3.63) is 133 Å². The molecule has 170 valence electrons. The Morgan fingerprint density at radius 1 is 0.444 bits per heavy atom. The van der Waals surface area contributed by atoms with Gasteiger partial charge < -0.3 is 5.32 Å². The average Bonchev–Trinajstić information content (AvgIpc) is 3.32. The molecule has 0 aliphatic heterocycles. The van der Waals surface area contributed by atoms with Crippen LogP contribution in [0.2, 0.25) is 0 Å². The topological polar surface area (TPSA) is 12.0 Å². The van der Waals surface area contributed by atoms with Crippen molar-refractivity contribution in [2.45, 2.75) is 0 Å². The lowest BCUT2D eigenvalue weighted by Crippen LogP contribution is -1.90. The Bertz CT molecular complexity index is 1840. The van der Waals surface area contributed by atoms with E-state index in [1.54, 1.807) is 0 Å².